The van der Waals surface area contributed by atoms with Gasteiger partial charge in [0.15, 0.2) is 0 Å². The van der Waals surface area contributed by atoms with Crippen LogP contribution in [0.5, 0.6) is 0 Å². The number of nitrogen functional groups attached to an aromatic ring is 1. The number of carboxylic acid groups (broad SMARTS) is 1. The van der Waals surface area contributed by atoms with Gasteiger partial charge in [-0.15, -0.1) is 0 Å². The molecule has 19 heavy (non-hydrogen) atoms. The third-order valence-electron chi connectivity index (χ3n) is 3.17. The summed E-state index contributed by atoms with van der Waals surface area (Å²) in [6, 6.07) is 7.09. The van der Waals surface area contributed by atoms with E-state index >= 15 is 0 Å². The Morgan fingerprint density at radius 2 is 2.11 bits per heavy atom. The molecule has 0 saturated heterocycles. The molecule has 6 nitrogen and oxygen atoms in total. The van der Waals surface area contributed by atoms with Crippen LogP contribution in [-0.2, 0) is 10.3 Å². The molecule has 0 spiro atoms. The van der Waals surface area contributed by atoms with Gasteiger partial charge in [-0.25, -0.2) is 4.79 Å². The fourth-order valence-electron chi connectivity index (χ4n) is 1.99. The lowest BCUT2D eigenvalue weighted by Gasteiger charge is -2.18. The second-order valence-electron chi connectivity index (χ2n) is 4.73. The van der Waals surface area contributed by atoms with E-state index in [1.165, 1.54) is 0 Å². The fourth-order valence-corrected chi connectivity index (χ4v) is 1.99. The minimum atomic E-state index is -0.933. The molecule has 1 aliphatic rings. The maximum absolute atomic E-state index is 11.7. The van der Waals surface area contributed by atoms with Crippen LogP contribution in [-0.4, -0.2) is 23.7 Å². The van der Waals surface area contributed by atoms with Crippen LogP contribution in [0.15, 0.2) is 24.3 Å². The minimum Gasteiger partial charge on any atom is -0.481 e. The number of nitrogens with one attached hydrogen (secondary N) is 2. The molecular formula is C13H17N3O3. The molecule has 1 aromatic rings. The lowest BCUT2D eigenvalue weighted by molar-refractivity contribution is -0.136. The first-order valence-electron chi connectivity index (χ1n) is 6.16. The van der Waals surface area contributed by atoms with Gasteiger partial charge in [-0.2, -0.15) is 0 Å². The molecule has 5 N–H and O–H groups in total. The molecule has 1 aliphatic carbocycles. The highest BCUT2D eigenvalue weighted by Gasteiger charge is 2.45. The number of urea groups is 1. The standard InChI is InChI=1S/C13H17N3O3/c14-10-3-1-2-9(8-10)13(5-6-13)16-12(19)15-7-4-11(17)18/h1-3,8H,4-7,14H2,(H,17,18)(H2,15,16,19). The lowest BCUT2D eigenvalue weighted by atomic mass is 10.0. The zero-order valence-electron chi connectivity index (χ0n) is 10.5. The number of hydrogen-bond acceptors (Lipinski definition) is 3. The number of benzene rings is 1. The Hall–Kier alpha value is -2.24. The highest BCUT2D eigenvalue weighted by atomic mass is 16.4. The van der Waals surface area contributed by atoms with Crippen molar-refractivity contribution < 1.29 is 14.7 Å². The van der Waals surface area contributed by atoms with E-state index in [2.05, 4.69) is 10.6 Å². The molecule has 1 fully saturated rings. The van der Waals surface area contributed by atoms with Crippen molar-refractivity contribution in [1.82, 2.24) is 10.6 Å². The largest absolute Gasteiger partial charge is 0.481 e. The molecule has 6 heteroatoms. The van der Waals surface area contributed by atoms with Crippen LogP contribution in [0.4, 0.5) is 10.5 Å². The summed E-state index contributed by atoms with van der Waals surface area (Å²) in [6.07, 6.45) is 1.64. The quantitative estimate of drug-likeness (QED) is 0.595. The van der Waals surface area contributed by atoms with Gasteiger partial charge in [-0.3, -0.25) is 4.79 Å². The van der Waals surface area contributed by atoms with Gasteiger partial charge in [-0.05, 0) is 30.5 Å². The third-order valence-corrected chi connectivity index (χ3v) is 3.17. The van der Waals surface area contributed by atoms with Crippen molar-refractivity contribution in [2.24, 2.45) is 0 Å². The Bertz CT molecular complexity index is 498. The number of carbonyl (C=O) groups excluding carboxylic acids is 1. The Morgan fingerprint density at radius 3 is 2.68 bits per heavy atom. The van der Waals surface area contributed by atoms with Crippen LogP contribution in [0.1, 0.15) is 24.8 Å². The summed E-state index contributed by atoms with van der Waals surface area (Å²) >= 11 is 0. The van der Waals surface area contributed by atoms with E-state index in [4.69, 9.17) is 10.8 Å². The van der Waals surface area contributed by atoms with Gasteiger partial charge in [-0.1, -0.05) is 12.1 Å². The molecule has 0 unspecified atom stereocenters. The number of hydrogen-bond donors (Lipinski definition) is 4. The van der Waals surface area contributed by atoms with E-state index in [0.717, 1.165) is 18.4 Å². The molecule has 0 atom stereocenters. The van der Waals surface area contributed by atoms with Gasteiger partial charge in [0, 0.05) is 12.2 Å². The van der Waals surface area contributed by atoms with Crippen LogP contribution >= 0.6 is 0 Å². The van der Waals surface area contributed by atoms with Gasteiger partial charge >= 0.3 is 12.0 Å². The molecule has 2 amide bonds. The SMILES string of the molecule is Nc1cccc(C2(NC(=O)NCCC(=O)O)CC2)c1. The number of nitrogens with two attached hydrogens (primary N) is 1. The van der Waals surface area contributed by atoms with E-state index in [1.807, 2.05) is 18.2 Å². The van der Waals surface area contributed by atoms with Gasteiger partial charge in [0.25, 0.3) is 0 Å². The van der Waals surface area contributed by atoms with E-state index in [1.54, 1.807) is 6.07 Å². The maximum atomic E-state index is 11.7. The van der Waals surface area contributed by atoms with Crippen LogP contribution in [0.3, 0.4) is 0 Å². The van der Waals surface area contributed by atoms with E-state index in [0.29, 0.717) is 5.69 Å². The second-order valence-corrected chi connectivity index (χ2v) is 4.73. The van der Waals surface area contributed by atoms with Crippen molar-refractivity contribution in [1.29, 1.82) is 0 Å². The summed E-state index contributed by atoms with van der Waals surface area (Å²) in [5.41, 5.74) is 7.04. The number of amides is 2. The van der Waals surface area contributed by atoms with E-state index < -0.39 is 5.97 Å². The first-order valence-corrected chi connectivity index (χ1v) is 6.16. The second kappa shape index (κ2) is 5.17. The Kier molecular flexibility index (Phi) is 3.59. The van der Waals surface area contributed by atoms with Crippen molar-refractivity contribution >= 4 is 17.7 Å². The van der Waals surface area contributed by atoms with Crippen molar-refractivity contribution in [2.75, 3.05) is 12.3 Å². The first-order chi connectivity index (χ1) is 9.02. The van der Waals surface area contributed by atoms with E-state index in [9.17, 15) is 9.59 Å². The summed E-state index contributed by atoms with van der Waals surface area (Å²) in [7, 11) is 0. The molecule has 0 heterocycles. The Balaban J connectivity index is 1.91. The van der Waals surface area contributed by atoms with Crippen molar-refractivity contribution in [3.8, 4) is 0 Å². The summed E-state index contributed by atoms with van der Waals surface area (Å²) in [6.45, 7) is 0.119. The van der Waals surface area contributed by atoms with Crippen LogP contribution in [0, 0.1) is 0 Å². The number of carboxylic acids is 1. The molecule has 2 rings (SSSR count). The number of aliphatic carboxylic acids is 1. The predicted molar refractivity (Wildman–Crippen MR) is 70.6 cm³/mol. The predicted octanol–water partition coefficient (Wildman–Crippen LogP) is 1.03. The number of carbonyl (C=O) groups is 2. The molecule has 1 aromatic carbocycles. The van der Waals surface area contributed by atoms with E-state index in [-0.39, 0.29) is 24.5 Å². The average Bonchev–Trinajstić information content (AvgIpc) is 3.09. The molecule has 0 aliphatic heterocycles. The Morgan fingerprint density at radius 1 is 1.37 bits per heavy atom. The van der Waals surface area contributed by atoms with Gasteiger partial charge in [0.05, 0.1) is 12.0 Å². The number of anilines is 1. The zero-order chi connectivity index (χ0) is 13.9. The summed E-state index contributed by atoms with van der Waals surface area (Å²) in [4.78, 5) is 22.0. The smallest absolute Gasteiger partial charge is 0.315 e. The highest BCUT2D eigenvalue weighted by molar-refractivity contribution is 5.76. The normalized spacial score (nSPS) is 15.6. The fraction of sp³-hybridized carbons (Fsp3) is 0.385. The summed E-state index contributed by atoms with van der Waals surface area (Å²) < 4.78 is 0. The third kappa shape index (κ3) is 3.37. The molecule has 1 saturated carbocycles. The van der Waals surface area contributed by atoms with Crippen molar-refractivity contribution in [3.63, 3.8) is 0 Å². The first kappa shape index (κ1) is 13.2. The Labute approximate surface area is 111 Å². The van der Waals surface area contributed by atoms with Gasteiger partial charge in [0.2, 0.25) is 0 Å². The van der Waals surface area contributed by atoms with Crippen LogP contribution in [0.25, 0.3) is 0 Å². The molecule has 0 bridgehead atoms. The van der Waals surface area contributed by atoms with Crippen molar-refractivity contribution in [2.45, 2.75) is 24.8 Å². The monoisotopic (exact) mass is 263 g/mol. The average molecular weight is 263 g/mol. The number of rotatable bonds is 5. The highest BCUT2D eigenvalue weighted by Crippen LogP contribution is 2.45. The summed E-state index contributed by atoms with van der Waals surface area (Å²) in [5.74, 6) is -0.933. The van der Waals surface area contributed by atoms with Crippen LogP contribution < -0.4 is 16.4 Å². The topological polar surface area (TPSA) is 104 Å². The molecule has 0 aromatic heterocycles. The maximum Gasteiger partial charge on any atom is 0.315 e. The van der Waals surface area contributed by atoms with Gasteiger partial charge in [0.1, 0.15) is 0 Å². The molecule has 102 valence electrons. The van der Waals surface area contributed by atoms with Crippen LogP contribution in [0.2, 0.25) is 0 Å². The molecule has 0 radical (unpaired) electrons. The van der Waals surface area contributed by atoms with Crippen molar-refractivity contribution in [3.05, 3.63) is 29.8 Å². The molecular weight excluding hydrogens is 246 g/mol. The zero-order valence-corrected chi connectivity index (χ0v) is 10.5. The minimum absolute atomic E-state index is 0.0846. The van der Waals surface area contributed by atoms with Gasteiger partial charge < -0.3 is 21.5 Å². The lowest BCUT2D eigenvalue weighted by Crippen LogP contribution is -2.42. The summed E-state index contributed by atoms with van der Waals surface area (Å²) in [5, 5.41) is 13.9.